The summed E-state index contributed by atoms with van der Waals surface area (Å²) >= 11 is 0.819. The number of hydrogen-bond donors (Lipinski definition) is 2. The van der Waals surface area contributed by atoms with Gasteiger partial charge in [0.1, 0.15) is 4.88 Å². The molecule has 2 aromatic rings. The van der Waals surface area contributed by atoms with Gasteiger partial charge in [-0.05, 0) is 68.9 Å². The molecule has 6 heteroatoms. The fraction of sp³-hybridized carbons (Fsp3) is 0.520. The van der Waals surface area contributed by atoms with Crippen LogP contribution in [0.1, 0.15) is 74.8 Å². The van der Waals surface area contributed by atoms with Crippen molar-refractivity contribution >= 4 is 28.9 Å². The van der Waals surface area contributed by atoms with Crippen LogP contribution in [0.4, 0.5) is 5.69 Å². The summed E-state index contributed by atoms with van der Waals surface area (Å²) in [6.07, 6.45) is 4.97. The van der Waals surface area contributed by atoms with Gasteiger partial charge in [-0.25, -0.2) is 4.79 Å². The number of thiophene rings is 1. The molecule has 2 fully saturated rings. The van der Waals surface area contributed by atoms with Crippen molar-refractivity contribution in [3.8, 4) is 10.4 Å². The lowest BCUT2D eigenvalue weighted by Crippen LogP contribution is -2.47. The minimum absolute atomic E-state index is 0.0716. The summed E-state index contributed by atoms with van der Waals surface area (Å²) < 4.78 is 40.5. The number of aliphatic hydroxyl groups excluding tert-OH is 1. The second kappa shape index (κ2) is 9.53. The highest BCUT2D eigenvalue weighted by Gasteiger charge is 2.37. The first kappa shape index (κ1) is 16.5. The number of hydrogen-bond acceptors (Lipinski definition) is 4. The number of carboxylic acid groups (broad SMARTS) is 1. The number of aliphatic hydroxyl groups is 1. The molecule has 0 aliphatic heterocycles. The SMILES string of the molecule is [2H]c1c([2H])c([2H])c(-c2cc(N(C(=O)C3CCC(C)CC3)[C@H]3CC[C@H](O)CC3)c(C(=O)O)s2)c([2H])c1[2H]. The predicted molar refractivity (Wildman–Crippen MR) is 124 cm³/mol. The molecule has 2 N–H and O–H groups in total. The van der Waals surface area contributed by atoms with Crippen LogP contribution in [0.2, 0.25) is 0 Å². The Morgan fingerprint density at radius 3 is 2.29 bits per heavy atom. The Labute approximate surface area is 194 Å². The summed E-state index contributed by atoms with van der Waals surface area (Å²) in [5.41, 5.74) is 0.136. The van der Waals surface area contributed by atoms with Crippen molar-refractivity contribution in [1.29, 1.82) is 0 Å². The summed E-state index contributed by atoms with van der Waals surface area (Å²) in [5.74, 6) is -1.05. The first-order chi connectivity index (χ1) is 17.0. The number of benzene rings is 1. The third kappa shape index (κ3) is 4.85. The quantitative estimate of drug-likeness (QED) is 0.629. The molecule has 5 nitrogen and oxygen atoms in total. The number of carbonyl (C=O) groups excluding carboxylic acids is 1. The molecule has 166 valence electrons. The summed E-state index contributed by atoms with van der Waals surface area (Å²) in [7, 11) is 0. The number of anilines is 1. The zero-order valence-electron chi connectivity index (χ0n) is 22.6. The van der Waals surface area contributed by atoms with E-state index in [1.807, 2.05) is 0 Å². The first-order valence-electron chi connectivity index (χ1n) is 13.5. The van der Waals surface area contributed by atoms with Crippen LogP contribution in [-0.2, 0) is 4.79 Å². The number of aromatic carboxylic acids is 1. The van der Waals surface area contributed by atoms with E-state index in [1.54, 1.807) is 4.90 Å². The molecule has 1 amide bonds. The minimum Gasteiger partial charge on any atom is -0.477 e. The monoisotopic (exact) mass is 446 g/mol. The van der Waals surface area contributed by atoms with Gasteiger partial charge < -0.3 is 15.1 Å². The van der Waals surface area contributed by atoms with Crippen LogP contribution in [0.5, 0.6) is 0 Å². The van der Waals surface area contributed by atoms with Crippen LogP contribution in [0.25, 0.3) is 10.4 Å². The minimum atomic E-state index is -1.24. The zero-order chi connectivity index (χ0) is 26.3. The van der Waals surface area contributed by atoms with E-state index >= 15 is 0 Å². The second-order valence-corrected chi connectivity index (χ2v) is 9.81. The lowest BCUT2D eigenvalue weighted by atomic mass is 9.81. The molecule has 0 unspecified atom stereocenters. The highest BCUT2D eigenvalue weighted by Crippen LogP contribution is 2.41. The van der Waals surface area contributed by atoms with E-state index < -0.39 is 42.3 Å². The van der Waals surface area contributed by atoms with Crippen LogP contribution in [-0.4, -0.2) is 34.2 Å². The number of rotatable bonds is 5. The Morgan fingerprint density at radius 1 is 1.03 bits per heavy atom. The third-order valence-electron chi connectivity index (χ3n) is 6.55. The van der Waals surface area contributed by atoms with Gasteiger partial charge in [0, 0.05) is 16.8 Å². The molecule has 0 saturated heterocycles. The van der Waals surface area contributed by atoms with E-state index in [9.17, 15) is 19.8 Å². The Kier molecular flexibility index (Phi) is 5.06. The Morgan fingerprint density at radius 2 is 1.68 bits per heavy atom. The molecule has 1 heterocycles. The third-order valence-corrected chi connectivity index (χ3v) is 7.68. The van der Waals surface area contributed by atoms with E-state index in [4.69, 9.17) is 6.85 Å². The molecule has 2 aliphatic rings. The van der Waals surface area contributed by atoms with Crippen molar-refractivity contribution in [2.45, 2.75) is 70.4 Å². The van der Waals surface area contributed by atoms with Crippen LogP contribution < -0.4 is 4.90 Å². The molecule has 4 rings (SSSR count). The molecular weight excluding hydrogens is 410 g/mol. The molecule has 2 aliphatic carbocycles. The second-order valence-electron chi connectivity index (χ2n) is 8.76. The van der Waals surface area contributed by atoms with Crippen LogP contribution in [0.15, 0.2) is 36.3 Å². The van der Waals surface area contributed by atoms with Gasteiger partial charge in [-0.15, -0.1) is 11.3 Å². The molecule has 0 spiro atoms. The van der Waals surface area contributed by atoms with E-state index in [0.717, 1.165) is 37.0 Å². The highest BCUT2D eigenvalue weighted by atomic mass is 32.1. The van der Waals surface area contributed by atoms with Crippen LogP contribution >= 0.6 is 11.3 Å². The average molecular weight is 447 g/mol. The lowest BCUT2D eigenvalue weighted by molar-refractivity contribution is -0.124. The van der Waals surface area contributed by atoms with Gasteiger partial charge in [-0.3, -0.25) is 4.79 Å². The first-order valence-corrected chi connectivity index (χ1v) is 11.8. The van der Waals surface area contributed by atoms with E-state index in [2.05, 4.69) is 6.92 Å². The summed E-state index contributed by atoms with van der Waals surface area (Å²) in [4.78, 5) is 28.0. The van der Waals surface area contributed by atoms with Crippen molar-refractivity contribution in [2.24, 2.45) is 11.8 Å². The molecule has 0 bridgehead atoms. The fourth-order valence-corrected chi connectivity index (χ4v) is 5.67. The number of amides is 1. The van der Waals surface area contributed by atoms with Crippen molar-refractivity contribution < 1.29 is 26.7 Å². The van der Waals surface area contributed by atoms with Gasteiger partial charge in [-0.1, -0.05) is 37.1 Å². The zero-order valence-corrected chi connectivity index (χ0v) is 18.4. The van der Waals surface area contributed by atoms with Crippen LogP contribution in [0.3, 0.4) is 0 Å². The average Bonchev–Trinajstić information content (AvgIpc) is 3.28. The van der Waals surface area contributed by atoms with Crippen molar-refractivity contribution in [3.63, 3.8) is 0 Å². The van der Waals surface area contributed by atoms with E-state index in [0.29, 0.717) is 31.6 Å². The lowest BCUT2D eigenvalue weighted by Gasteiger charge is -2.38. The molecule has 31 heavy (non-hydrogen) atoms. The molecule has 0 radical (unpaired) electrons. The number of carbonyl (C=O) groups is 2. The maximum atomic E-state index is 13.9. The summed E-state index contributed by atoms with van der Waals surface area (Å²) in [5, 5.41) is 20.1. The smallest absolute Gasteiger partial charge is 0.348 e. The Balaban J connectivity index is 1.84. The van der Waals surface area contributed by atoms with Crippen molar-refractivity contribution in [2.75, 3.05) is 4.90 Å². The molecular formula is C25H31NO4S. The van der Waals surface area contributed by atoms with Gasteiger partial charge in [-0.2, -0.15) is 0 Å². The standard InChI is InChI=1S/C25H31NO4S/c1-16-7-9-18(10-8-16)24(28)26(19-11-13-20(27)14-12-19)21-15-22(31-23(21)25(29)30)17-5-3-2-4-6-17/h2-6,15-16,18-20,27H,7-14H2,1H3,(H,29,30)/t16?,18?,19-,20-/i2D,3D,4D,5D,6D. The van der Waals surface area contributed by atoms with Crippen molar-refractivity contribution in [3.05, 3.63) is 41.2 Å². The van der Waals surface area contributed by atoms with Gasteiger partial charge in [0.25, 0.3) is 0 Å². The maximum Gasteiger partial charge on any atom is 0.348 e. The molecule has 0 atom stereocenters. The Bertz CT molecular complexity index is 1140. The highest BCUT2D eigenvalue weighted by molar-refractivity contribution is 7.18. The normalized spacial score (nSPS) is 28.6. The molecule has 1 aromatic heterocycles. The van der Waals surface area contributed by atoms with Crippen molar-refractivity contribution in [1.82, 2.24) is 0 Å². The van der Waals surface area contributed by atoms with E-state index in [-0.39, 0.29) is 38.9 Å². The Hall–Kier alpha value is -2.18. The summed E-state index contributed by atoms with van der Waals surface area (Å²) in [6, 6.07) is -1.12. The van der Waals surface area contributed by atoms with Gasteiger partial charge in [0.2, 0.25) is 5.91 Å². The van der Waals surface area contributed by atoms with Gasteiger partial charge in [0.15, 0.2) is 0 Å². The number of nitrogens with zero attached hydrogens (tertiary/aromatic N) is 1. The number of carboxylic acids is 1. The van der Waals surface area contributed by atoms with Gasteiger partial charge >= 0.3 is 5.97 Å². The summed E-state index contributed by atoms with van der Waals surface area (Å²) in [6.45, 7) is 2.16. The molecule has 1 aromatic carbocycles. The fourth-order valence-electron chi connectivity index (χ4n) is 4.73. The molecule has 2 saturated carbocycles. The maximum absolute atomic E-state index is 13.9. The van der Waals surface area contributed by atoms with E-state index in [1.165, 1.54) is 6.07 Å². The largest absolute Gasteiger partial charge is 0.477 e. The predicted octanol–water partition coefficient (Wildman–Crippen LogP) is 5.58. The van der Waals surface area contributed by atoms with Crippen LogP contribution in [0, 0.1) is 11.8 Å². The van der Waals surface area contributed by atoms with Gasteiger partial charge in [0.05, 0.1) is 18.6 Å². The topological polar surface area (TPSA) is 77.8 Å².